The molecule has 0 unspecified atom stereocenters. The van der Waals surface area contributed by atoms with E-state index in [9.17, 15) is 13.2 Å². The van der Waals surface area contributed by atoms with Gasteiger partial charge in [-0.05, 0) is 11.5 Å². The van der Waals surface area contributed by atoms with Crippen LogP contribution in [0.4, 0.5) is 13.2 Å². The molecule has 2 nitrogen and oxygen atoms in total. The number of fused-ring (bicyclic) bond motifs is 1. The smallest absolute Gasteiger partial charge is 0.367 e. The van der Waals surface area contributed by atoms with Crippen LogP contribution in [0.1, 0.15) is 10.4 Å². The normalized spacial score (nSPS) is 12.2. The summed E-state index contributed by atoms with van der Waals surface area (Å²) in [7, 11) is 0. The summed E-state index contributed by atoms with van der Waals surface area (Å²) in [5.74, 6) is 0. The third-order valence-electron chi connectivity index (χ3n) is 2.48. The van der Waals surface area contributed by atoms with Crippen molar-refractivity contribution in [1.82, 2.24) is 0 Å². The summed E-state index contributed by atoms with van der Waals surface area (Å²) < 4.78 is 41.8. The molecule has 0 saturated carbocycles. The Morgan fingerprint density at radius 2 is 1.94 bits per heavy atom. The van der Waals surface area contributed by atoms with E-state index >= 15 is 0 Å². The molecule has 0 spiro atoms. The Balaban J connectivity index is 2.20. The van der Waals surface area contributed by atoms with Crippen molar-refractivity contribution in [2.45, 2.75) is 19.3 Å². The van der Waals surface area contributed by atoms with Crippen LogP contribution in [-0.4, -0.2) is 12.8 Å². The number of thiophene rings is 1. The SMILES string of the molecule is NCc1sc2ccccc2c1COCC(F)(F)F. The second-order valence-corrected chi connectivity index (χ2v) is 4.95. The van der Waals surface area contributed by atoms with Gasteiger partial charge in [0.15, 0.2) is 0 Å². The minimum Gasteiger partial charge on any atom is -0.367 e. The lowest BCUT2D eigenvalue weighted by Crippen LogP contribution is -2.17. The second-order valence-electron chi connectivity index (χ2n) is 3.81. The Bertz CT molecular complexity index is 536. The topological polar surface area (TPSA) is 35.2 Å². The van der Waals surface area contributed by atoms with Crippen LogP contribution < -0.4 is 5.73 Å². The number of halogens is 3. The third kappa shape index (κ3) is 3.01. The number of hydrogen-bond donors (Lipinski definition) is 1. The van der Waals surface area contributed by atoms with Crippen molar-refractivity contribution in [3.05, 3.63) is 34.7 Å². The average molecular weight is 275 g/mol. The molecular weight excluding hydrogens is 263 g/mol. The van der Waals surface area contributed by atoms with Crippen molar-refractivity contribution in [3.63, 3.8) is 0 Å². The molecule has 98 valence electrons. The number of benzene rings is 1. The van der Waals surface area contributed by atoms with Crippen LogP contribution in [-0.2, 0) is 17.9 Å². The van der Waals surface area contributed by atoms with Gasteiger partial charge in [-0.3, -0.25) is 0 Å². The maximum Gasteiger partial charge on any atom is 0.411 e. The van der Waals surface area contributed by atoms with E-state index in [1.165, 1.54) is 11.3 Å². The Labute approximate surface area is 106 Å². The van der Waals surface area contributed by atoms with E-state index in [1.54, 1.807) is 0 Å². The monoisotopic (exact) mass is 275 g/mol. The van der Waals surface area contributed by atoms with Crippen molar-refractivity contribution in [1.29, 1.82) is 0 Å². The van der Waals surface area contributed by atoms with E-state index in [-0.39, 0.29) is 6.61 Å². The van der Waals surface area contributed by atoms with Crippen molar-refractivity contribution in [3.8, 4) is 0 Å². The molecule has 1 aromatic heterocycles. The van der Waals surface area contributed by atoms with Crippen LogP contribution in [0.15, 0.2) is 24.3 Å². The van der Waals surface area contributed by atoms with Crippen LogP contribution in [0, 0.1) is 0 Å². The highest BCUT2D eigenvalue weighted by Gasteiger charge is 2.27. The van der Waals surface area contributed by atoms with Gasteiger partial charge in [-0.2, -0.15) is 13.2 Å². The molecule has 1 aromatic carbocycles. The van der Waals surface area contributed by atoms with Crippen molar-refractivity contribution < 1.29 is 17.9 Å². The standard InChI is InChI=1S/C12H12F3NOS/c13-12(14,15)7-17-6-9-8-3-1-2-4-10(8)18-11(9)5-16/h1-4H,5-7,16H2. The summed E-state index contributed by atoms with van der Waals surface area (Å²) in [6, 6.07) is 7.53. The van der Waals surface area contributed by atoms with Gasteiger partial charge in [0.05, 0.1) is 6.61 Å². The zero-order valence-electron chi connectivity index (χ0n) is 9.46. The van der Waals surface area contributed by atoms with Crippen LogP contribution in [0.5, 0.6) is 0 Å². The van der Waals surface area contributed by atoms with Crippen molar-refractivity contribution >= 4 is 21.4 Å². The predicted octanol–water partition coefficient (Wildman–Crippen LogP) is 3.44. The molecule has 2 aromatic rings. The predicted molar refractivity (Wildman–Crippen MR) is 65.4 cm³/mol. The Hall–Kier alpha value is -1.11. The summed E-state index contributed by atoms with van der Waals surface area (Å²) in [6.45, 7) is -0.985. The van der Waals surface area contributed by atoms with Gasteiger partial charge in [-0.15, -0.1) is 11.3 Å². The molecule has 2 N–H and O–H groups in total. The fraction of sp³-hybridized carbons (Fsp3) is 0.333. The van der Waals surface area contributed by atoms with Gasteiger partial charge in [0.1, 0.15) is 6.61 Å². The summed E-state index contributed by atoms with van der Waals surface area (Å²) in [5, 5.41) is 0.921. The first kappa shape index (κ1) is 13.3. The van der Waals surface area contributed by atoms with Crippen LogP contribution in [0.25, 0.3) is 10.1 Å². The number of nitrogens with two attached hydrogens (primary N) is 1. The fourth-order valence-corrected chi connectivity index (χ4v) is 2.83. The molecule has 0 bridgehead atoms. The lowest BCUT2D eigenvalue weighted by Gasteiger charge is -2.08. The molecule has 0 amide bonds. The van der Waals surface area contributed by atoms with E-state index in [0.29, 0.717) is 6.54 Å². The third-order valence-corrected chi connectivity index (χ3v) is 3.71. The van der Waals surface area contributed by atoms with Crippen LogP contribution in [0.2, 0.25) is 0 Å². The number of rotatable bonds is 4. The summed E-state index contributed by atoms with van der Waals surface area (Å²) in [4.78, 5) is 0.873. The lowest BCUT2D eigenvalue weighted by atomic mass is 10.1. The van der Waals surface area contributed by atoms with E-state index in [1.807, 2.05) is 24.3 Å². The largest absolute Gasteiger partial charge is 0.411 e. The van der Waals surface area contributed by atoms with Gasteiger partial charge in [0.2, 0.25) is 0 Å². The van der Waals surface area contributed by atoms with Gasteiger partial charge >= 0.3 is 6.18 Å². The molecule has 0 aliphatic rings. The molecule has 6 heteroatoms. The second kappa shape index (κ2) is 5.26. The molecule has 2 rings (SSSR count). The first-order chi connectivity index (χ1) is 8.51. The highest BCUT2D eigenvalue weighted by molar-refractivity contribution is 7.19. The van der Waals surface area contributed by atoms with E-state index in [4.69, 9.17) is 10.5 Å². The molecule has 0 radical (unpaired) electrons. The Morgan fingerprint density at radius 3 is 2.61 bits per heavy atom. The maximum absolute atomic E-state index is 12.0. The Kier molecular flexibility index (Phi) is 3.89. The van der Waals surface area contributed by atoms with Crippen LogP contribution in [0.3, 0.4) is 0 Å². The molecular formula is C12H12F3NOS. The van der Waals surface area contributed by atoms with Gasteiger partial charge in [-0.1, -0.05) is 18.2 Å². The molecule has 0 atom stereocenters. The zero-order valence-corrected chi connectivity index (χ0v) is 10.3. The number of hydrogen-bond acceptors (Lipinski definition) is 3. The fourth-order valence-electron chi connectivity index (χ4n) is 1.74. The van der Waals surface area contributed by atoms with Crippen LogP contribution >= 0.6 is 11.3 Å². The van der Waals surface area contributed by atoms with E-state index in [0.717, 1.165) is 20.5 Å². The lowest BCUT2D eigenvalue weighted by molar-refractivity contribution is -0.176. The zero-order chi connectivity index (χ0) is 13.2. The molecule has 18 heavy (non-hydrogen) atoms. The molecule has 1 heterocycles. The summed E-state index contributed by atoms with van der Waals surface area (Å²) >= 11 is 1.50. The highest BCUT2D eigenvalue weighted by Crippen LogP contribution is 2.31. The van der Waals surface area contributed by atoms with Crippen molar-refractivity contribution in [2.24, 2.45) is 5.73 Å². The quantitative estimate of drug-likeness (QED) is 0.927. The first-order valence-corrected chi connectivity index (χ1v) is 6.17. The molecule has 0 fully saturated rings. The van der Waals surface area contributed by atoms with Gasteiger partial charge in [-0.25, -0.2) is 0 Å². The van der Waals surface area contributed by atoms with Gasteiger partial charge in [0, 0.05) is 21.7 Å². The summed E-state index contributed by atoms with van der Waals surface area (Å²) in [5.41, 5.74) is 6.37. The molecule has 0 saturated heterocycles. The first-order valence-electron chi connectivity index (χ1n) is 5.35. The Morgan fingerprint density at radius 1 is 1.22 bits per heavy atom. The minimum atomic E-state index is -4.30. The molecule has 0 aliphatic heterocycles. The highest BCUT2D eigenvalue weighted by atomic mass is 32.1. The summed E-state index contributed by atoms with van der Waals surface area (Å²) in [6.07, 6.45) is -4.30. The average Bonchev–Trinajstić information content (AvgIpc) is 2.66. The van der Waals surface area contributed by atoms with Gasteiger partial charge in [0.25, 0.3) is 0 Å². The number of alkyl halides is 3. The van der Waals surface area contributed by atoms with E-state index in [2.05, 4.69) is 0 Å². The minimum absolute atomic E-state index is 0.0595. The molecule has 0 aliphatic carbocycles. The van der Waals surface area contributed by atoms with Gasteiger partial charge < -0.3 is 10.5 Å². The van der Waals surface area contributed by atoms with Crippen molar-refractivity contribution in [2.75, 3.05) is 6.61 Å². The number of ether oxygens (including phenoxy) is 1. The maximum atomic E-state index is 12.0. The van der Waals surface area contributed by atoms with E-state index < -0.39 is 12.8 Å².